The number of amides is 1. The largest absolute Gasteiger partial charge is 0.497 e. The SMILES string of the molecule is COc1ccc(C(=O)N2c3ccccc3NC3=C(C(=O)CC(c4ccco4)C3)C2c2ccccc2OC)cc1. The summed E-state index contributed by atoms with van der Waals surface area (Å²) in [6.07, 6.45) is 2.48. The van der Waals surface area contributed by atoms with Gasteiger partial charge in [0.15, 0.2) is 5.78 Å². The number of carbonyl (C=O) groups excluding carboxylic acids is 2. The first-order valence-electron chi connectivity index (χ1n) is 12.8. The van der Waals surface area contributed by atoms with Crippen LogP contribution in [0.15, 0.2) is 107 Å². The fourth-order valence-electron chi connectivity index (χ4n) is 5.60. The van der Waals surface area contributed by atoms with Gasteiger partial charge in [-0.1, -0.05) is 30.3 Å². The van der Waals surface area contributed by atoms with Gasteiger partial charge in [0.05, 0.1) is 37.9 Å². The van der Waals surface area contributed by atoms with Crippen molar-refractivity contribution in [3.63, 3.8) is 0 Å². The summed E-state index contributed by atoms with van der Waals surface area (Å²) in [4.78, 5) is 30.2. The Morgan fingerprint density at radius 3 is 2.41 bits per heavy atom. The summed E-state index contributed by atoms with van der Waals surface area (Å²) in [5.41, 5.74) is 3.97. The molecule has 1 aliphatic carbocycles. The summed E-state index contributed by atoms with van der Waals surface area (Å²) >= 11 is 0. The molecule has 0 saturated heterocycles. The van der Waals surface area contributed by atoms with E-state index in [1.807, 2.05) is 60.7 Å². The van der Waals surface area contributed by atoms with E-state index in [4.69, 9.17) is 13.9 Å². The molecule has 4 aromatic rings. The van der Waals surface area contributed by atoms with Gasteiger partial charge in [-0.2, -0.15) is 0 Å². The minimum Gasteiger partial charge on any atom is -0.497 e. The van der Waals surface area contributed by atoms with E-state index >= 15 is 0 Å². The first-order chi connectivity index (χ1) is 19.1. The number of methoxy groups -OCH3 is 2. The van der Waals surface area contributed by atoms with Crippen LogP contribution in [-0.2, 0) is 4.79 Å². The molecule has 1 aliphatic heterocycles. The van der Waals surface area contributed by atoms with Crippen LogP contribution in [0, 0.1) is 0 Å². The van der Waals surface area contributed by atoms with Crippen LogP contribution < -0.4 is 19.7 Å². The van der Waals surface area contributed by atoms with E-state index < -0.39 is 6.04 Å². The second-order valence-electron chi connectivity index (χ2n) is 9.63. The molecule has 1 aromatic heterocycles. The van der Waals surface area contributed by atoms with E-state index in [0.29, 0.717) is 34.7 Å². The Bertz CT molecular complexity index is 1560. The average molecular weight is 521 g/mol. The van der Waals surface area contributed by atoms with Crippen LogP contribution in [0.2, 0.25) is 0 Å². The number of hydrogen-bond donors (Lipinski definition) is 1. The molecular weight excluding hydrogens is 492 g/mol. The molecule has 1 amide bonds. The van der Waals surface area contributed by atoms with Crippen molar-refractivity contribution < 1.29 is 23.5 Å². The minimum absolute atomic E-state index is 0.0404. The normalized spacial score (nSPS) is 18.5. The van der Waals surface area contributed by atoms with Gasteiger partial charge in [-0.3, -0.25) is 14.5 Å². The number of fused-ring (bicyclic) bond motifs is 1. The van der Waals surface area contributed by atoms with E-state index in [0.717, 1.165) is 22.7 Å². The fraction of sp³-hybridized carbons (Fsp3) is 0.188. The third kappa shape index (κ3) is 4.36. The summed E-state index contributed by atoms with van der Waals surface area (Å²) in [6.45, 7) is 0. The molecule has 196 valence electrons. The van der Waals surface area contributed by atoms with Gasteiger partial charge in [-0.05, 0) is 61.0 Å². The molecule has 0 bridgehead atoms. The lowest BCUT2D eigenvalue weighted by molar-refractivity contribution is -0.116. The van der Waals surface area contributed by atoms with Crippen LogP contribution in [0.5, 0.6) is 11.5 Å². The molecule has 0 fully saturated rings. The Kier molecular flexibility index (Phi) is 6.40. The number of ketones is 1. The van der Waals surface area contributed by atoms with Gasteiger partial charge in [-0.25, -0.2) is 0 Å². The van der Waals surface area contributed by atoms with Gasteiger partial charge in [0, 0.05) is 34.7 Å². The summed E-state index contributed by atoms with van der Waals surface area (Å²) in [5, 5.41) is 3.54. The van der Waals surface area contributed by atoms with Crippen molar-refractivity contribution in [1.82, 2.24) is 0 Å². The van der Waals surface area contributed by atoms with E-state index in [-0.39, 0.29) is 24.0 Å². The van der Waals surface area contributed by atoms with Gasteiger partial charge in [0.2, 0.25) is 0 Å². The Morgan fingerprint density at radius 2 is 1.67 bits per heavy atom. The highest BCUT2D eigenvalue weighted by molar-refractivity contribution is 6.12. The van der Waals surface area contributed by atoms with E-state index in [1.165, 1.54) is 0 Å². The first kappa shape index (κ1) is 24.6. The van der Waals surface area contributed by atoms with Gasteiger partial charge in [0.1, 0.15) is 17.3 Å². The third-order valence-corrected chi connectivity index (χ3v) is 7.42. The van der Waals surface area contributed by atoms with Crippen LogP contribution >= 0.6 is 0 Å². The summed E-state index contributed by atoms with van der Waals surface area (Å²) < 4.78 is 16.8. The van der Waals surface area contributed by atoms with E-state index in [1.54, 1.807) is 49.6 Å². The molecule has 0 saturated carbocycles. The summed E-state index contributed by atoms with van der Waals surface area (Å²) in [6, 6.07) is 25.2. The summed E-state index contributed by atoms with van der Waals surface area (Å²) in [5.74, 6) is 1.64. The van der Waals surface area contributed by atoms with Crippen LogP contribution in [-0.4, -0.2) is 25.9 Å². The molecule has 6 rings (SSSR count). The lowest BCUT2D eigenvalue weighted by Gasteiger charge is -2.35. The van der Waals surface area contributed by atoms with Crippen molar-refractivity contribution in [3.8, 4) is 11.5 Å². The Balaban J connectivity index is 1.58. The highest BCUT2D eigenvalue weighted by Crippen LogP contribution is 2.49. The number of furan rings is 1. The van der Waals surface area contributed by atoms with Gasteiger partial charge in [0.25, 0.3) is 5.91 Å². The number of ether oxygens (including phenoxy) is 2. The predicted octanol–water partition coefficient (Wildman–Crippen LogP) is 6.51. The van der Waals surface area contributed by atoms with Gasteiger partial charge < -0.3 is 19.2 Å². The maximum atomic E-state index is 14.4. The highest BCUT2D eigenvalue weighted by atomic mass is 16.5. The molecule has 2 aliphatic rings. The minimum atomic E-state index is -0.716. The molecule has 2 atom stereocenters. The van der Waals surface area contributed by atoms with Crippen molar-refractivity contribution >= 4 is 23.1 Å². The molecule has 2 unspecified atom stereocenters. The number of nitrogens with zero attached hydrogens (tertiary/aromatic N) is 1. The van der Waals surface area contributed by atoms with Crippen molar-refractivity contribution in [3.05, 3.63) is 119 Å². The number of nitrogens with one attached hydrogen (secondary N) is 1. The lowest BCUT2D eigenvalue weighted by Crippen LogP contribution is -2.38. The number of Topliss-reactive ketones (excluding diaryl/α,β-unsaturated/α-hetero) is 1. The Morgan fingerprint density at radius 1 is 0.897 bits per heavy atom. The third-order valence-electron chi connectivity index (χ3n) is 7.42. The highest BCUT2D eigenvalue weighted by Gasteiger charge is 2.43. The van der Waals surface area contributed by atoms with E-state index in [2.05, 4.69) is 5.32 Å². The van der Waals surface area contributed by atoms with E-state index in [9.17, 15) is 9.59 Å². The molecule has 7 heteroatoms. The number of rotatable bonds is 5. The van der Waals surface area contributed by atoms with Crippen LogP contribution in [0.1, 0.15) is 46.5 Å². The number of anilines is 2. The van der Waals surface area contributed by atoms with Gasteiger partial charge in [-0.15, -0.1) is 0 Å². The zero-order chi connectivity index (χ0) is 26.9. The topological polar surface area (TPSA) is 81.0 Å². The second kappa shape index (κ2) is 10.2. The lowest BCUT2D eigenvalue weighted by atomic mass is 9.79. The van der Waals surface area contributed by atoms with Crippen molar-refractivity contribution in [1.29, 1.82) is 0 Å². The van der Waals surface area contributed by atoms with Gasteiger partial charge >= 0.3 is 0 Å². The monoisotopic (exact) mass is 520 g/mol. The molecule has 0 spiro atoms. The van der Waals surface area contributed by atoms with Crippen LogP contribution in [0.25, 0.3) is 0 Å². The fourth-order valence-corrected chi connectivity index (χ4v) is 5.60. The number of carbonyl (C=O) groups is 2. The molecule has 3 aromatic carbocycles. The number of benzene rings is 3. The summed E-state index contributed by atoms with van der Waals surface area (Å²) in [7, 11) is 3.19. The number of hydrogen-bond acceptors (Lipinski definition) is 6. The maximum absolute atomic E-state index is 14.4. The molecule has 7 nitrogen and oxygen atoms in total. The Hall–Kier alpha value is -4.78. The zero-order valence-corrected chi connectivity index (χ0v) is 21.7. The molecular formula is C32H28N2O5. The standard InChI is InChI=1S/C32H28N2O5/c1-37-22-15-13-20(14-16-22)32(36)34-26-10-5-4-9-24(26)33-25-18-21(28-12-7-17-39-28)19-27(35)30(25)31(34)23-8-3-6-11-29(23)38-2/h3-17,21,31,33H,18-19H2,1-2H3. The first-order valence-corrected chi connectivity index (χ1v) is 12.8. The average Bonchev–Trinajstić information content (AvgIpc) is 3.47. The van der Waals surface area contributed by atoms with Crippen molar-refractivity contribution in [2.24, 2.45) is 0 Å². The molecule has 1 N–H and O–H groups in total. The van der Waals surface area contributed by atoms with Crippen molar-refractivity contribution in [2.75, 3.05) is 24.4 Å². The van der Waals surface area contributed by atoms with Crippen molar-refractivity contribution in [2.45, 2.75) is 24.8 Å². The quantitative estimate of drug-likeness (QED) is 0.323. The number of allylic oxidation sites excluding steroid dienone is 1. The zero-order valence-electron chi connectivity index (χ0n) is 21.7. The molecule has 0 radical (unpaired) electrons. The molecule has 39 heavy (non-hydrogen) atoms. The second-order valence-corrected chi connectivity index (χ2v) is 9.63. The predicted molar refractivity (Wildman–Crippen MR) is 148 cm³/mol. The Labute approximate surface area is 226 Å². The van der Waals surface area contributed by atoms with Crippen LogP contribution in [0.3, 0.4) is 0 Å². The smallest absolute Gasteiger partial charge is 0.259 e. The molecule has 2 heterocycles. The number of para-hydroxylation sites is 3. The maximum Gasteiger partial charge on any atom is 0.259 e. The van der Waals surface area contributed by atoms with Crippen LogP contribution in [0.4, 0.5) is 11.4 Å².